The fraction of sp³-hybridized carbons (Fsp3) is 0.500. The van der Waals surface area contributed by atoms with E-state index in [1.807, 2.05) is 0 Å². The van der Waals surface area contributed by atoms with Gasteiger partial charge in [0.2, 0.25) is 0 Å². The first-order valence-corrected chi connectivity index (χ1v) is 7.26. The number of anilines is 1. The Morgan fingerprint density at radius 1 is 1.43 bits per heavy atom. The summed E-state index contributed by atoms with van der Waals surface area (Å²) in [6.45, 7) is 2.07. The van der Waals surface area contributed by atoms with Crippen LogP contribution in [0.4, 0.5) is 16.2 Å². The van der Waals surface area contributed by atoms with Crippen LogP contribution >= 0.6 is 11.6 Å². The molecule has 0 aliphatic heterocycles. The Morgan fingerprint density at radius 3 is 2.76 bits per heavy atom. The molecule has 1 N–H and O–H groups in total. The summed E-state index contributed by atoms with van der Waals surface area (Å²) in [5, 5.41) is 13.3. The molecule has 1 aromatic rings. The Kier molecular flexibility index (Phi) is 5.01. The maximum Gasteiger partial charge on any atom is 0.411 e. The highest BCUT2D eigenvalue weighted by molar-refractivity contribution is 6.33. The first-order valence-electron chi connectivity index (χ1n) is 6.89. The number of hydrogen-bond acceptors (Lipinski definition) is 4. The predicted octanol–water partition coefficient (Wildman–Crippen LogP) is 4.38. The SMILES string of the molecule is CC1CCCCC1OC(=O)Nc1ccc([N+](=O)[O-])cc1Cl. The van der Waals surface area contributed by atoms with Crippen LogP contribution in [0.15, 0.2) is 18.2 Å². The van der Waals surface area contributed by atoms with E-state index in [9.17, 15) is 14.9 Å². The van der Waals surface area contributed by atoms with Crippen molar-refractivity contribution in [3.8, 4) is 0 Å². The molecular weight excluding hydrogens is 296 g/mol. The lowest BCUT2D eigenvalue weighted by atomic mass is 9.88. The van der Waals surface area contributed by atoms with Crippen molar-refractivity contribution in [2.75, 3.05) is 5.32 Å². The zero-order valence-electron chi connectivity index (χ0n) is 11.7. The number of halogens is 1. The molecule has 0 saturated heterocycles. The molecule has 2 atom stereocenters. The van der Waals surface area contributed by atoms with Crippen LogP contribution in [0.2, 0.25) is 5.02 Å². The van der Waals surface area contributed by atoms with E-state index >= 15 is 0 Å². The highest BCUT2D eigenvalue weighted by Gasteiger charge is 2.25. The minimum Gasteiger partial charge on any atom is -0.446 e. The first kappa shape index (κ1) is 15.6. The molecule has 6 nitrogen and oxygen atoms in total. The van der Waals surface area contributed by atoms with E-state index in [-0.39, 0.29) is 16.8 Å². The van der Waals surface area contributed by atoms with Crippen LogP contribution in [0.3, 0.4) is 0 Å². The van der Waals surface area contributed by atoms with Gasteiger partial charge in [0.25, 0.3) is 5.69 Å². The molecule has 1 aromatic carbocycles. The summed E-state index contributed by atoms with van der Waals surface area (Å²) in [5.74, 6) is 0.344. The van der Waals surface area contributed by atoms with E-state index < -0.39 is 11.0 Å². The van der Waals surface area contributed by atoms with Crippen LogP contribution < -0.4 is 5.32 Å². The van der Waals surface area contributed by atoms with Crippen LogP contribution in [-0.4, -0.2) is 17.1 Å². The van der Waals surface area contributed by atoms with Crippen molar-refractivity contribution in [3.63, 3.8) is 0 Å². The molecule has 21 heavy (non-hydrogen) atoms. The zero-order chi connectivity index (χ0) is 15.4. The number of carbonyl (C=O) groups excluding carboxylic acids is 1. The molecule has 0 aromatic heterocycles. The standard InChI is InChI=1S/C14H17ClN2O4/c1-9-4-2-3-5-13(9)21-14(18)16-12-7-6-10(17(19)20)8-11(12)15/h6-9,13H,2-5H2,1H3,(H,16,18). The van der Waals surface area contributed by atoms with Crippen LogP contribution in [0.5, 0.6) is 0 Å². The molecule has 7 heteroatoms. The summed E-state index contributed by atoms with van der Waals surface area (Å²) < 4.78 is 5.40. The van der Waals surface area contributed by atoms with Gasteiger partial charge in [-0.1, -0.05) is 24.9 Å². The van der Waals surface area contributed by atoms with Crippen LogP contribution in [-0.2, 0) is 4.74 Å². The average molecular weight is 313 g/mol. The molecule has 2 rings (SSSR count). The number of ether oxygens (including phenoxy) is 1. The Hall–Kier alpha value is -1.82. The Labute approximate surface area is 127 Å². The lowest BCUT2D eigenvalue weighted by Crippen LogP contribution is -2.30. The van der Waals surface area contributed by atoms with Crippen molar-refractivity contribution in [2.24, 2.45) is 5.92 Å². The van der Waals surface area contributed by atoms with E-state index in [0.29, 0.717) is 11.6 Å². The Balaban J connectivity index is 1.97. The quantitative estimate of drug-likeness (QED) is 0.663. The highest BCUT2D eigenvalue weighted by Crippen LogP contribution is 2.29. The lowest BCUT2D eigenvalue weighted by Gasteiger charge is -2.28. The fourth-order valence-electron chi connectivity index (χ4n) is 2.45. The second-order valence-corrected chi connectivity index (χ2v) is 5.66. The molecule has 1 aliphatic rings. The number of nitrogens with zero attached hydrogens (tertiary/aromatic N) is 1. The van der Waals surface area contributed by atoms with Crippen molar-refractivity contribution in [1.82, 2.24) is 0 Å². The Morgan fingerprint density at radius 2 is 2.14 bits per heavy atom. The van der Waals surface area contributed by atoms with E-state index in [2.05, 4.69) is 12.2 Å². The van der Waals surface area contributed by atoms with Gasteiger partial charge in [0.1, 0.15) is 6.10 Å². The van der Waals surface area contributed by atoms with Gasteiger partial charge in [0.05, 0.1) is 15.6 Å². The summed E-state index contributed by atoms with van der Waals surface area (Å²) in [6.07, 6.45) is 3.47. The summed E-state index contributed by atoms with van der Waals surface area (Å²) >= 11 is 5.91. The molecule has 1 amide bonds. The number of nitro groups is 1. The van der Waals surface area contributed by atoms with Crippen LogP contribution in [0.25, 0.3) is 0 Å². The Bertz CT molecular complexity index is 550. The summed E-state index contributed by atoms with van der Waals surface area (Å²) in [6, 6.07) is 3.87. The number of nitro benzene ring substituents is 1. The fourth-order valence-corrected chi connectivity index (χ4v) is 2.68. The van der Waals surface area contributed by atoms with Gasteiger partial charge in [0, 0.05) is 12.1 Å². The van der Waals surface area contributed by atoms with Gasteiger partial charge in [-0.05, 0) is 31.2 Å². The maximum absolute atomic E-state index is 11.9. The minimum atomic E-state index is -0.579. The molecule has 0 bridgehead atoms. The second kappa shape index (κ2) is 6.76. The first-order chi connectivity index (χ1) is 9.97. The van der Waals surface area contributed by atoms with Gasteiger partial charge in [-0.25, -0.2) is 4.79 Å². The van der Waals surface area contributed by atoms with Gasteiger partial charge < -0.3 is 4.74 Å². The molecule has 0 heterocycles. The molecule has 1 aliphatic carbocycles. The van der Waals surface area contributed by atoms with E-state index in [1.165, 1.54) is 18.2 Å². The van der Waals surface area contributed by atoms with Crippen molar-refractivity contribution < 1.29 is 14.5 Å². The average Bonchev–Trinajstić information content (AvgIpc) is 2.43. The van der Waals surface area contributed by atoms with Crippen molar-refractivity contribution >= 4 is 29.1 Å². The van der Waals surface area contributed by atoms with Gasteiger partial charge in [-0.2, -0.15) is 0 Å². The maximum atomic E-state index is 11.9. The predicted molar refractivity (Wildman–Crippen MR) is 79.6 cm³/mol. The normalized spacial score (nSPS) is 21.6. The van der Waals surface area contributed by atoms with Gasteiger partial charge in [-0.15, -0.1) is 0 Å². The molecular formula is C14H17ClN2O4. The van der Waals surface area contributed by atoms with Crippen molar-refractivity contribution in [3.05, 3.63) is 33.3 Å². The molecule has 114 valence electrons. The van der Waals surface area contributed by atoms with E-state index in [4.69, 9.17) is 16.3 Å². The second-order valence-electron chi connectivity index (χ2n) is 5.25. The van der Waals surface area contributed by atoms with E-state index in [1.54, 1.807) is 0 Å². The van der Waals surface area contributed by atoms with Crippen LogP contribution in [0, 0.1) is 16.0 Å². The van der Waals surface area contributed by atoms with Crippen molar-refractivity contribution in [1.29, 1.82) is 0 Å². The van der Waals surface area contributed by atoms with E-state index in [0.717, 1.165) is 25.7 Å². The smallest absolute Gasteiger partial charge is 0.411 e. The summed E-state index contributed by atoms with van der Waals surface area (Å²) in [5.41, 5.74) is 0.176. The van der Waals surface area contributed by atoms with Crippen molar-refractivity contribution in [2.45, 2.75) is 38.7 Å². The molecule has 0 radical (unpaired) electrons. The number of nitrogens with one attached hydrogen (secondary N) is 1. The molecule has 0 spiro atoms. The lowest BCUT2D eigenvalue weighted by molar-refractivity contribution is -0.384. The molecule has 1 saturated carbocycles. The topological polar surface area (TPSA) is 81.5 Å². The molecule has 2 unspecified atom stereocenters. The number of amides is 1. The minimum absolute atomic E-state index is 0.0874. The van der Waals surface area contributed by atoms with Crippen LogP contribution in [0.1, 0.15) is 32.6 Å². The highest BCUT2D eigenvalue weighted by atomic mass is 35.5. The zero-order valence-corrected chi connectivity index (χ0v) is 12.4. The number of non-ortho nitro benzene ring substituents is 1. The third-order valence-electron chi connectivity index (χ3n) is 3.69. The third kappa shape index (κ3) is 4.07. The van der Waals surface area contributed by atoms with Gasteiger partial charge >= 0.3 is 6.09 Å². The summed E-state index contributed by atoms with van der Waals surface area (Å²) in [7, 11) is 0. The summed E-state index contributed by atoms with van der Waals surface area (Å²) in [4.78, 5) is 21.9. The molecule has 1 fully saturated rings. The monoisotopic (exact) mass is 312 g/mol. The number of benzene rings is 1. The van der Waals surface area contributed by atoms with Gasteiger partial charge in [-0.3, -0.25) is 15.4 Å². The largest absolute Gasteiger partial charge is 0.446 e. The number of rotatable bonds is 3. The number of hydrogen-bond donors (Lipinski definition) is 1. The number of carbonyl (C=O) groups is 1. The third-order valence-corrected chi connectivity index (χ3v) is 4.00. The van der Waals surface area contributed by atoms with Gasteiger partial charge in [0.15, 0.2) is 0 Å².